The zero-order valence-electron chi connectivity index (χ0n) is 12.9. The first-order chi connectivity index (χ1) is 11.6. The number of aromatic nitrogens is 4. The number of thioether (sulfide) groups is 1. The van der Waals surface area contributed by atoms with Crippen LogP contribution in [0.25, 0.3) is 11.0 Å². The van der Waals surface area contributed by atoms with Gasteiger partial charge in [-0.1, -0.05) is 23.9 Å². The van der Waals surface area contributed by atoms with Crippen molar-refractivity contribution in [1.82, 2.24) is 19.7 Å². The molecule has 3 aromatic rings. The van der Waals surface area contributed by atoms with Crippen molar-refractivity contribution in [3.05, 3.63) is 42.6 Å². The number of aryl methyl sites for hydroxylation is 1. The lowest BCUT2D eigenvalue weighted by atomic mass is 10.3. The number of benzene rings is 1. The molecule has 0 saturated carbocycles. The molecule has 4 rings (SSSR count). The summed E-state index contributed by atoms with van der Waals surface area (Å²) >= 11 is 1.39. The third-order valence-corrected chi connectivity index (χ3v) is 5.32. The second kappa shape index (κ2) is 5.86. The Balaban J connectivity index is 1.60. The molecule has 122 valence electrons. The van der Waals surface area contributed by atoms with E-state index in [1.54, 1.807) is 29.1 Å². The fraction of sp³-hybridized carbons (Fsp3) is 0.250. The predicted octanol–water partition coefficient (Wildman–Crippen LogP) is 2.40. The van der Waals surface area contributed by atoms with Crippen LogP contribution in [0.2, 0.25) is 0 Å². The molecule has 1 fully saturated rings. The monoisotopic (exact) mass is 343 g/mol. The van der Waals surface area contributed by atoms with E-state index in [9.17, 15) is 9.18 Å². The Morgan fingerprint density at radius 1 is 1.29 bits per heavy atom. The van der Waals surface area contributed by atoms with Crippen LogP contribution in [-0.4, -0.2) is 37.5 Å². The minimum Gasteiger partial charge on any atom is -0.309 e. The maximum Gasteiger partial charge on any atom is 0.240 e. The van der Waals surface area contributed by atoms with Gasteiger partial charge in [0.25, 0.3) is 0 Å². The first-order valence-electron chi connectivity index (χ1n) is 7.50. The summed E-state index contributed by atoms with van der Waals surface area (Å²) in [6.07, 6.45) is 3.82. The van der Waals surface area contributed by atoms with E-state index >= 15 is 0 Å². The van der Waals surface area contributed by atoms with E-state index in [1.165, 1.54) is 29.1 Å². The van der Waals surface area contributed by atoms with Crippen LogP contribution in [0.1, 0.15) is 6.42 Å². The van der Waals surface area contributed by atoms with Gasteiger partial charge in [0.1, 0.15) is 17.2 Å². The van der Waals surface area contributed by atoms with E-state index in [-0.39, 0.29) is 17.0 Å². The Hall–Kier alpha value is -2.48. The smallest absolute Gasteiger partial charge is 0.240 e. The molecule has 2 aromatic heterocycles. The maximum absolute atomic E-state index is 13.9. The number of nitrogens with zero attached hydrogens (tertiary/aromatic N) is 5. The van der Waals surface area contributed by atoms with Crippen LogP contribution in [0.5, 0.6) is 0 Å². The molecule has 3 heterocycles. The van der Waals surface area contributed by atoms with Crippen molar-refractivity contribution < 1.29 is 9.18 Å². The number of amides is 1. The van der Waals surface area contributed by atoms with Gasteiger partial charge in [0.2, 0.25) is 5.91 Å². The van der Waals surface area contributed by atoms with Crippen molar-refractivity contribution in [2.75, 3.05) is 11.4 Å². The highest BCUT2D eigenvalue weighted by atomic mass is 32.2. The molecule has 0 spiro atoms. The van der Waals surface area contributed by atoms with Crippen LogP contribution in [0, 0.1) is 5.82 Å². The Morgan fingerprint density at radius 3 is 2.96 bits per heavy atom. The van der Waals surface area contributed by atoms with Gasteiger partial charge in [0, 0.05) is 13.6 Å². The molecule has 1 aromatic carbocycles. The van der Waals surface area contributed by atoms with E-state index < -0.39 is 0 Å². The number of rotatable bonds is 3. The quantitative estimate of drug-likeness (QED) is 0.683. The number of para-hydroxylation sites is 1. The number of halogens is 1. The molecule has 0 unspecified atom stereocenters. The summed E-state index contributed by atoms with van der Waals surface area (Å²) in [5.74, 6) is -0.478. The summed E-state index contributed by atoms with van der Waals surface area (Å²) < 4.78 is 15.6. The second-order valence-corrected chi connectivity index (χ2v) is 6.71. The molecule has 0 radical (unpaired) electrons. The molecule has 1 aliphatic heterocycles. The molecule has 1 aliphatic rings. The van der Waals surface area contributed by atoms with Crippen LogP contribution < -0.4 is 4.90 Å². The molecule has 0 bridgehead atoms. The van der Waals surface area contributed by atoms with Gasteiger partial charge < -0.3 is 4.90 Å². The molecule has 6 nitrogen and oxygen atoms in total. The van der Waals surface area contributed by atoms with Crippen molar-refractivity contribution in [3.8, 4) is 0 Å². The Kier molecular flexibility index (Phi) is 3.68. The highest BCUT2D eigenvalue weighted by Gasteiger charge is 2.35. The van der Waals surface area contributed by atoms with Gasteiger partial charge in [-0.15, -0.1) is 0 Å². The van der Waals surface area contributed by atoms with Gasteiger partial charge in [0.15, 0.2) is 5.65 Å². The second-order valence-electron chi connectivity index (χ2n) is 5.52. The highest BCUT2D eigenvalue weighted by Crippen LogP contribution is 2.35. The summed E-state index contributed by atoms with van der Waals surface area (Å²) in [7, 11) is 1.81. The Labute approximate surface area is 141 Å². The lowest BCUT2D eigenvalue weighted by Gasteiger charge is -2.17. The van der Waals surface area contributed by atoms with E-state index in [2.05, 4.69) is 15.1 Å². The number of carbonyl (C=O) groups is 1. The van der Waals surface area contributed by atoms with E-state index in [0.717, 1.165) is 16.1 Å². The average Bonchev–Trinajstić information content (AvgIpc) is 3.13. The highest BCUT2D eigenvalue weighted by molar-refractivity contribution is 8.00. The van der Waals surface area contributed by atoms with Crippen molar-refractivity contribution in [2.24, 2.45) is 7.05 Å². The van der Waals surface area contributed by atoms with Gasteiger partial charge >= 0.3 is 0 Å². The number of anilines is 1. The van der Waals surface area contributed by atoms with E-state index in [1.807, 2.05) is 7.05 Å². The maximum atomic E-state index is 13.9. The van der Waals surface area contributed by atoms with Crippen LogP contribution in [0.3, 0.4) is 0 Å². The Morgan fingerprint density at radius 2 is 2.12 bits per heavy atom. The summed E-state index contributed by atoms with van der Waals surface area (Å²) in [5, 5.41) is 5.44. The molecule has 1 atom stereocenters. The summed E-state index contributed by atoms with van der Waals surface area (Å²) in [6.45, 7) is 0.499. The molecule has 0 N–H and O–H groups in total. The van der Waals surface area contributed by atoms with Crippen LogP contribution in [0.4, 0.5) is 10.1 Å². The molecule has 8 heteroatoms. The molecular weight excluding hydrogens is 329 g/mol. The summed E-state index contributed by atoms with van der Waals surface area (Å²) in [5.41, 5.74) is 1.06. The molecule has 0 aliphatic carbocycles. The van der Waals surface area contributed by atoms with Crippen molar-refractivity contribution in [2.45, 2.75) is 16.7 Å². The van der Waals surface area contributed by atoms with E-state index in [0.29, 0.717) is 18.7 Å². The SMILES string of the molecule is Cn1ncc2c(S[C@@H]3CCN(c4ccccc4F)C3=O)ncnc21. The third-order valence-electron chi connectivity index (χ3n) is 4.05. The first-order valence-corrected chi connectivity index (χ1v) is 8.38. The lowest BCUT2D eigenvalue weighted by molar-refractivity contribution is -0.116. The molecule has 24 heavy (non-hydrogen) atoms. The normalized spacial score (nSPS) is 17.8. The van der Waals surface area contributed by atoms with Gasteiger partial charge in [0.05, 0.1) is 22.5 Å². The van der Waals surface area contributed by atoms with Crippen LogP contribution >= 0.6 is 11.8 Å². The lowest BCUT2D eigenvalue weighted by Crippen LogP contribution is -2.28. The number of fused-ring (bicyclic) bond motifs is 1. The van der Waals surface area contributed by atoms with Gasteiger partial charge in [-0.05, 0) is 18.6 Å². The zero-order chi connectivity index (χ0) is 16.7. The van der Waals surface area contributed by atoms with Crippen LogP contribution in [-0.2, 0) is 11.8 Å². The topological polar surface area (TPSA) is 63.9 Å². The average molecular weight is 343 g/mol. The van der Waals surface area contributed by atoms with Crippen molar-refractivity contribution >= 4 is 34.4 Å². The fourth-order valence-electron chi connectivity index (χ4n) is 2.84. The molecule has 1 saturated heterocycles. The minimum absolute atomic E-state index is 0.0965. The van der Waals surface area contributed by atoms with Gasteiger partial charge in [-0.2, -0.15) is 5.10 Å². The van der Waals surface area contributed by atoms with Gasteiger partial charge in [-0.25, -0.2) is 14.4 Å². The summed E-state index contributed by atoms with van der Waals surface area (Å²) in [4.78, 5) is 22.7. The third kappa shape index (κ3) is 2.43. The zero-order valence-corrected chi connectivity index (χ0v) is 13.7. The standard InChI is InChI=1S/C16H14FN5OS/c1-21-14-10(8-20-21)15(19-9-18-14)24-13-6-7-22(16(13)23)12-5-3-2-4-11(12)17/h2-5,8-9,13H,6-7H2,1H3/t13-/m1/s1. The van der Waals surface area contributed by atoms with Crippen molar-refractivity contribution in [3.63, 3.8) is 0 Å². The predicted molar refractivity (Wildman–Crippen MR) is 89.3 cm³/mol. The Bertz CT molecular complexity index is 928. The largest absolute Gasteiger partial charge is 0.309 e. The molecular formula is C16H14FN5OS. The summed E-state index contributed by atoms with van der Waals surface area (Å²) in [6, 6.07) is 6.35. The van der Waals surface area contributed by atoms with Crippen molar-refractivity contribution in [1.29, 1.82) is 0 Å². The number of hydrogen-bond donors (Lipinski definition) is 0. The van der Waals surface area contributed by atoms with E-state index in [4.69, 9.17) is 0 Å². The number of hydrogen-bond acceptors (Lipinski definition) is 5. The first kappa shape index (κ1) is 15.1. The molecule has 1 amide bonds. The van der Waals surface area contributed by atoms with Gasteiger partial charge in [-0.3, -0.25) is 9.48 Å². The fourth-order valence-corrected chi connectivity index (χ4v) is 3.94. The minimum atomic E-state index is -0.381. The number of carbonyl (C=O) groups excluding carboxylic acids is 1. The van der Waals surface area contributed by atoms with Crippen LogP contribution in [0.15, 0.2) is 41.8 Å².